The number of hydrogen-bond acceptors (Lipinski definition) is 4. The van der Waals surface area contributed by atoms with Crippen molar-refractivity contribution in [3.8, 4) is 0 Å². The molecule has 0 aliphatic rings. The number of carbonyl (C=O) groups is 1. The van der Waals surface area contributed by atoms with Gasteiger partial charge in [0.15, 0.2) is 0 Å². The third-order valence-corrected chi connectivity index (χ3v) is 2.91. The van der Waals surface area contributed by atoms with Crippen molar-refractivity contribution in [1.29, 1.82) is 0 Å². The van der Waals surface area contributed by atoms with Gasteiger partial charge in [0.05, 0.1) is 16.7 Å². The second kappa shape index (κ2) is 5.22. The molecule has 1 aromatic heterocycles. The molecule has 5 nitrogen and oxygen atoms in total. The lowest BCUT2D eigenvalue weighted by Crippen LogP contribution is -2.37. The zero-order valence-electron chi connectivity index (χ0n) is 11.6. The van der Waals surface area contributed by atoms with Gasteiger partial charge in [-0.25, -0.2) is 9.97 Å². The smallest absolute Gasteiger partial charge is 0.244 e. The molecular formula is C14H18N4O. The monoisotopic (exact) mass is 258 g/mol. The summed E-state index contributed by atoms with van der Waals surface area (Å²) in [5.74, 6) is 0.663. The second-order valence-corrected chi connectivity index (χ2v) is 4.75. The van der Waals surface area contributed by atoms with Gasteiger partial charge in [-0.3, -0.25) is 4.79 Å². The molecule has 1 N–H and O–H groups in total. The first-order valence-electron chi connectivity index (χ1n) is 6.20. The second-order valence-electron chi connectivity index (χ2n) is 4.75. The van der Waals surface area contributed by atoms with Gasteiger partial charge in [-0.1, -0.05) is 12.1 Å². The summed E-state index contributed by atoms with van der Waals surface area (Å²) < 4.78 is 0. The Morgan fingerprint density at radius 3 is 2.37 bits per heavy atom. The average molecular weight is 258 g/mol. The van der Waals surface area contributed by atoms with Crippen LogP contribution in [-0.2, 0) is 4.79 Å². The number of hydrogen-bond donors (Lipinski definition) is 1. The van der Waals surface area contributed by atoms with E-state index in [0.29, 0.717) is 5.82 Å². The molecule has 1 aromatic carbocycles. The van der Waals surface area contributed by atoms with Gasteiger partial charge in [0, 0.05) is 14.1 Å². The molecule has 0 aliphatic carbocycles. The van der Waals surface area contributed by atoms with Crippen LogP contribution in [0.15, 0.2) is 24.3 Å². The Morgan fingerprint density at radius 2 is 1.79 bits per heavy atom. The molecule has 1 atom stereocenters. The largest absolute Gasteiger partial charge is 0.357 e. The van der Waals surface area contributed by atoms with Crippen LogP contribution in [0.25, 0.3) is 11.0 Å². The van der Waals surface area contributed by atoms with E-state index in [-0.39, 0.29) is 11.9 Å². The van der Waals surface area contributed by atoms with E-state index in [0.717, 1.165) is 16.7 Å². The zero-order chi connectivity index (χ0) is 14.0. The molecule has 0 saturated heterocycles. The van der Waals surface area contributed by atoms with Gasteiger partial charge in [-0.2, -0.15) is 0 Å². The summed E-state index contributed by atoms with van der Waals surface area (Å²) in [6, 6.07) is 7.36. The third-order valence-electron chi connectivity index (χ3n) is 2.91. The molecule has 0 fully saturated rings. The predicted molar refractivity (Wildman–Crippen MR) is 76.1 cm³/mol. The lowest BCUT2D eigenvalue weighted by Gasteiger charge is -2.19. The van der Waals surface area contributed by atoms with Crippen molar-refractivity contribution < 1.29 is 4.79 Å². The molecule has 0 saturated carbocycles. The highest BCUT2D eigenvalue weighted by Gasteiger charge is 2.16. The Labute approximate surface area is 112 Å². The fourth-order valence-electron chi connectivity index (χ4n) is 1.88. The molecule has 0 spiro atoms. The van der Waals surface area contributed by atoms with Gasteiger partial charge in [-0.05, 0) is 26.0 Å². The molecule has 0 radical (unpaired) electrons. The van der Waals surface area contributed by atoms with E-state index in [1.165, 1.54) is 0 Å². The summed E-state index contributed by atoms with van der Waals surface area (Å²) in [6.45, 7) is 3.70. The molecule has 1 amide bonds. The Bertz CT molecular complexity index is 609. The molecule has 1 heterocycles. The van der Waals surface area contributed by atoms with Gasteiger partial charge in [0.1, 0.15) is 11.9 Å². The summed E-state index contributed by atoms with van der Waals surface area (Å²) in [6.07, 6.45) is 0. The first kappa shape index (κ1) is 13.3. The topological polar surface area (TPSA) is 58.1 Å². The number of nitrogens with zero attached hydrogens (tertiary/aromatic N) is 3. The van der Waals surface area contributed by atoms with Gasteiger partial charge < -0.3 is 10.2 Å². The van der Waals surface area contributed by atoms with Crippen LogP contribution < -0.4 is 5.32 Å². The van der Waals surface area contributed by atoms with Crippen LogP contribution in [0.3, 0.4) is 0 Å². The van der Waals surface area contributed by atoms with Crippen LogP contribution in [0.4, 0.5) is 5.82 Å². The quantitative estimate of drug-likeness (QED) is 0.912. The number of aryl methyl sites for hydroxylation is 1. The van der Waals surface area contributed by atoms with E-state index in [2.05, 4.69) is 15.3 Å². The molecule has 2 rings (SSSR count). The Kier molecular flexibility index (Phi) is 3.64. The first-order chi connectivity index (χ1) is 8.99. The van der Waals surface area contributed by atoms with E-state index in [4.69, 9.17) is 0 Å². The van der Waals surface area contributed by atoms with Crippen molar-refractivity contribution in [1.82, 2.24) is 14.9 Å². The Hall–Kier alpha value is -2.17. The van der Waals surface area contributed by atoms with Crippen LogP contribution in [0.2, 0.25) is 0 Å². The average Bonchev–Trinajstić information content (AvgIpc) is 2.38. The highest BCUT2D eigenvalue weighted by atomic mass is 16.2. The number of benzene rings is 1. The van der Waals surface area contributed by atoms with Crippen molar-refractivity contribution in [2.75, 3.05) is 19.4 Å². The number of nitrogens with one attached hydrogen (secondary N) is 1. The molecule has 0 unspecified atom stereocenters. The molecule has 5 heteroatoms. The van der Waals surface area contributed by atoms with Crippen molar-refractivity contribution in [3.05, 3.63) is 30.0 Å². The van der Waals surface area contributed by atoms with E-state index in [1.807, 2.05) is 38.1 Å². The number of anilines is 1. The maximum Gasteiger partial charge on any atom is 0.244 e. The van der Waals surface area contributed by atoms with Gasteiger partial charge >= 0.3 is 0 Å². The zero-order valence-corrected chi connectivity index (χ0v) is 11.6. The van der Waals surface area contributed by atoms with Crippen LogP contribution in [-0.4, -0.2) is 40.9 Å². The fraction of sp³-hybridized carbons (Fsp3) is 0.357. The highest BCUT2D eigenvalue weighted by Crippen LogP contribution is 2.16. The number of carbonyl (C=O) groups excluding carboxylic acids is 1. The summed E-state index contributed by atoms with van der Waals surface area (Å²) in [7, 11) is 3.47. The van der Waals surface area contributed by atoms with Gasteiger partial charge in [-0.15, -0.1) is 0 Å². The standard InChI is InChI=1S/C14H18N4O/c1-9-13(16-10(2)14(19)18(3)4)17-12-8-6-5-7-11(12)15-9/h5-8,10H,1-4H3,(H,16,17)/t10-/m0/s1. The van der Waals surface area contributed by atoms with Gasteiger partial charge in [0.2, 0.25) is 5.91 Å². The Balaban J connectivity index is 2.30. The maximum absolute atomic E-state index is 11.8. The van der Waals surface area contributed by atoms with Crippen molar-refractivity contribution in [3.63, 3.8) is 0 Å². The van der Waals surface area contributed by atoms with Crippen molar-refractivity contribution in [2.45, 2.75) is 19.9 Å². The van der Waals surface area contributed by atoms with Crippen molar-refractivity contribution in [2.24, 2.45) is 0 Å². The first-order valence-corrected chi connectivity index (χ1v) is 6.20. The normalized spacial score (nSPS) is 12.2. The SMILES string of the molecule is Cc1nc2ccccc2nc1N[C@@H](C)C(=O)N(C)C. The minimum Gasteiger partial charge on any atom is -0.357 e. The van der Waals surface area contributed by atoms with Crippen LogP contribution in [0.1, 0.15) is 12.6 Å². The maximum atomic E-state index is 11.8. The molecule has 100 valence electrons. The summed E-state index contributed by atoms with van der Waals surface area (Å²) in [5.41, 5.74) is 2.47. The fourth-order valence-corrected chi connectivity index (χ4v) is 1.88. The highest BCUT2D eigenvalue weighted by molar-refractivity contribution is 5.84. The number of likely N-dealkylation sites (N-methyl/N-ethyl adjacent to an activating group) is 1. The lowest BCUT2D eigenvalue weighted by atomic mass is 10.2. The summed E-state index contributed by atoms with van der Waals surface area (Å²) in [5, 5.41) is 3.12. The number of para-hydroxylation sites is 2. The predicted octanol–water partition coefficient (Wildman–Crippen LogP) is 1.83. The summed E-state index contributed by atoms with van der Waals surface area (Å²) in [4.78, 5) is 22.4. The Morgan fingerprint density at radius 1 is 1.21 bits per heavy atom. The molecular weight excluding hydrogens is 240 g/mol. The molecule has 2 aromatic rings. The summed E-state index contributed by atoms with van der Waals surface area (Å²) >= 11 is 0. The number of aromatic nitrogens is 2. The minimum absolute atomic E-state index is 0.00867. The van der Waals surface area contributed by atoms with E-state index in [1.54, 1.807) is 19.0 Å². The molecule has 0 bridgehead atoms. The van der Waals surface area contributed by atoms with E-state index < -0.39 is 0 Å². The number of amides is 1. The van der Waals surface area contributed by atoms with Crippen LogP contribution >= 0.6 is 0 Å². The molecule has 19 heavy (non-hydrogen) atoms. The van der Waals surface area contributed by atoms with Gasteiger partial charge in [0.25, 0.3) is 0 Å². The third kappa shape index (κ3) is 2.81. The van der Waals surface area contributed by atoms with E-state index in [9.17, 15) is 4.79 Å². The van der Waals surface area contributed by atoms with Crippen LogP contribution in [0.5, 0.6) is 0 Å². The van der Waals surface area contributed by atoms with E-state index >= 15 is 0 Å². The van der Waals surface area contributed by atoms with Crippen LogP contribution in [0, 0.1) is 6.92 Å². The number of rotatable bonds is 3. The lowest BCUT2D eigenvalue weighted by molar-refractivity contribution is -0.129. The number of fused-ring (bicyclic) bond motifs is 1. The molecule has 0 aliphatic heterocycles. The minimum atomic E-state index is -0.329. The van der Waals surface area contributed by atoms with Crippen molar-refractivity contribution >= 4 is 22.8 Å².